The maximum Gasteiger partial charge on any atom is 0.269 e. The smallest absolute Gasteiger partial charge is 0.269 e. The maximum atomic E-state index is 12.3. The third kappa shape index (κ3) is 3.74. The van der Waals surface area contributed by atoms with Gasteiger partial charge >= 0.3 is 0 Å². The first-order chi connectivity index (χ1) is 10.0. The van der Waals surface area contributed by atoms with Gasteiger partial charge in [-0.2, -0.15) is 0 Å². The lowest BCUT2D eigenvalue weighted by molar-refractivity contribution is 0.103. The summed E-state index contributed by atoms with van der Waals surface area (Å²) in [5, 5.41) is 3.59. The lowest BCUT2D eigenvalue weighted by atomic mass is 10.3. The molecule has 5 nitrogen and oxygen atoms in total. The predicted molar refractivity (Wildman–Crippen MR) is 92.2 cm³/mol. The van der Waals surface area contributed by atoms with Crippen molar-refractivity contribution in [3.63, 3.8) is 0 Å². The van der Waals surface area contributed by atoms with Crippen molar-refractivity contribution in [3.8, 4) is 0 Å². The van der Waals surface area contributed by atoms with Crippen molar-refractivity contribution in [1.82, 2.24) is 4.98 Å². The second kappa shape index (κ2) is 6.91. The van der Waals surface area contributed by atoms with Gasteiger partial charge in [0.2, 0.25) is 0 Å². The Balaban J connectivity index is 2.18. The molecule has 1 aromatic heterocycles. The highest BCUT2D eigenvalue weighted by molar-refractivity contribution is 9.10. The van der Waals surface area contributed by atoms with Gasteiger partial charge in [0, 0.05) is 18.1 Å². The number of halogens is 1. The van der Waals surface area contributed by atoms with Crippen molar-refractivity contribution in [2.75, 3.05) is 29.5 Å². The Labute approximate surface area is 136 Å². The number of amides is 1. The Morgan fingerprint density at radius 2 is 2.19 bits per heavy atom. The fraction of sp³-hybridized carbons (Fsp3) is 0.286. The van der Waals surface area contributed by atoms with Gasteiger partial charge in [-0.25, -0.2) is 4.98 Å². The van der Waals surface area contributed by atoms with Crippen LogP contribution in [0.3, 0.4) is 0 Å². The fourth-order valence-corrected chi connectivity index (χ4v) is 3.07. The first-order valence-electron chi connectivity index (χ1n) is 6.56. The minimum atomic E-state index is -0.243. The molecular weight excluding hydrogens is 352 g/mol. The van der Waals surface area contributed by atoms with Crippen molar-refractivity contribution in [3.05, 3.63) is 33.6 Å². The van der Waals surface area contributed by atoms with Crippen molar-refractivity contribution in [2.45, 2.75) is 13.3 Å². The van der Waals surface area contributed by atoms with Crippen LogP contribution in [-0.2, 0) is 0 Å². The number of hydrogen-bond acceptors (Lipinski definition) is 5. The average molecular weight is 369 g/mol. The second-order valence-corrected chi connectivity index (χ2v) is 6.40. The quantitative estimate of drug-likeness (QED) is 0.845. The van der Waals surface area contributed by atoms with Crippen LogP contribution < -0.4 is 16.0 Å². The number of carbonyl (C=O) groups is 1. The Hall–Kier alpha value is -1.60. The third-order valence-corrected chi connectivity index (χ3v) is 4.73. The number of nitrogens with one attached hydrogen (secondary N) is 1. The lowest BCUT2D eigenvalue weighted by Crippen LogP contribution is -2.17. The van der Waals surface area contributed by atoms with Crippen LogP contribution >= 0.6 is 27.3 Å². The molecule has 0 fully saturated rings. The summed E-state index contributed by atoms with van der Waals surface area (Å²) in [6.07, 6.45) is 1.01. The largest absolute Gasteiger partial charge is 0.382 e. The van der Waals surface area contributed by atoms with Gasteiger partial charge in [0.05, 0.1) is 5.69 Å². The number of nitrogens with zero attached hydrogens (tertiary/aromatic N) is 2. The molecule has 0 bridgehead atoms. The number of carbonyl (C=O) groups excluding carboxylic acids is 1. The van der Waals surface area contributed by atoms with E-state index in [4.69, 9.17) is 5.73 Å². The average Bonchev–Trinajstić information content (AvgIpc) is 2.84. The van der Waals surface area contributed by atoms with E-state index in [1.165, 1.54) is 11.3 Å². The van der Waals surface area contributed by atoms with E-state index in [9.17, 15) is 4.79 Å². The molecule has 0 atom stereocenters. The Bertz CT molecular complexity index is 644. The van der Waals surface area contributed by atoms with Crippen molar-refractivity contribution in [1.29, 1.82) is 0 Å². The zero-order chi connectivity index (χ0) is 15.4. The minimum absolute atomic E-state index is 0.243. The lowest BCUT2D eigenvalue weighted by Gasteiger charge is -2.13. The van der Waals surface area contributed by atoms with Crippen molar-refractivity contribution in [2.24, 2.45) is 0 Å². The zero-order valence-electron chi connectivity index (χ0n) is 11.9. The van der Waals surface area contributed by atoms with Crippen LogP contribution in [0.15, 0.2) is 28.7 Å². The zero-order valence-corrected chi connectivity index (χ0v) is 14.3. The van der Waals surface area contributed by atoms with Crippen LogP contribution in [0.25, 0.3) is 0 Å². The molecule has 112 valence electrons. The van der Waals surface area contributed by atoms with Crippen LogP contribution in [0.1, 0.15) is 23.0 Å². The van der Waals surface area contributed by atoms with Gasteiger partial charge in [-0.3, -0.25) is 4.79 Å². The van der Waals surface area contributed by atoms with E-state index in [0.29, 0.717) is 10.6 Å². The Morgan fingerprint density at radius 1 is 1.48 bits per heavy atom. The van der Waals surface area contributed by atoms with E-state index in [0.717, 1.165) is 22.6 Å². The highest BCUT2D eigenvalue weighted by atomic mass is 79.9. The van der Waals surface area contributed by atoms with Gasteiger partial charge in [-0.15, -0.1) is 0 Å². The first-order valence-corrected chi connectivity index (χ1v) is 8.17. The van der Waals surface area contributed by atoms with E-state index in [-0.39, 0.29) is 11.7 Å². The van der Waals surface area contributed by atoms with Crippen LogP contribution in [0.4, 0.5) is 16.6 Å². The molecule has 1 aromatic carbocycles. The Kier molecular flexibility index (Phi) is 5.19. The van der Waals surface area contributed by atoms with Crippen LogP contribution in [-0.4, -0.2) is 24.5 Å². The molecule has 0 aliphatic rings. The van der Waals surface area contributed by atoms with E-state index >= 15 is 0 Å². The molecule has 0 unspecified atom stereocenters. The summed E-state index contributed by atoms with van der Waals surface area (Å²) >= 11 is 4.70. The highest BCUT2D eigenvalue weighted by Crippen LogP contribution is 2.29. The van der Waals surface area contributed by atoms with Crippen molar-refractivity contribution >= 4 is 49.8 Å². The summed E-state index contributed by atoms with van der Waals surface area (Å²) < 4.78 is 0.824. The predicted octanol–water partition coefficient (Wildman–Crippen LogP) is 3.59. The van der Waals surface area contributed by atoms with E-state index in [1.54, 1.807) is 0 Å². The van der Waals surface area contributed by atoms with E-state index in [1.807, 2.05) is 36.2 Å². The number of para-hydroxylation sites is 1. The van der Waals surface area contributed by atoms with E-state index in [2.05, 4.69) is 33.2 Å². The van der Waals surface area contributed by atoms with Gasteiger partial charge in [0.15, 0.2) is 5.13 Å². The van der Waals surface area contributed by atoms with Crippen LogP contribution in [0.2, 0.25) is 0 Å². The first kappa shape index (κ1) is 15.8. The summed E-state index contributed by atoms with van der Waals surface area (Å²) in [4.78, 5) is 19.0. The molecule has 1 amide bonds. The van der Waals surface area contributed by atoms with Gasteiger partial charge < -0.3 is 16.0 Å². The van der Waals surface area contributed by atoms with Crippen LogP contribution in [0, 0.1) is 0 Å². The molecule has 0 saturated carbocycles. The number of hydrogen-bond donors (Lipinski definition) is 2. The fourth-order valence-electron chi connectivity index (χ4n) is 1.82. The highest BCUT2D eigenvalue weighted by Gasteiger charge is 2.18. The molecule has 0 radical (unpaired) electrons. The molecule has 21 heavy (non-hydrogen) atoms. The van der Waals surface area contributed by atoms with Gasteiger partial charge in [0.1, 0.15) is 10.7 Å². The maximum absolute atomic E-state index is 12.3. The van der Waals surface area contributed by atoms with Crippen LogP contribution in [0.5, 0.6) is 0 Å². The van der Waals surface area contributed by atoms with E-state index < -0.39 is 0 Å². The number of nitrogens with two attached hydrogens (primary N) is 1. The van der Waals surface area contributed by atoms with Gasteiger partial charge in [-0.05, 0) is 34.5 Å². The second-order valence-electron chi connectivity index (χ2n) is 4.57. The molecule has 2 aromatic rings. The van der Waals surface area contributed by atoms with Gasteiger partial charge in [0.25, 0.3) is 5.91 Å². The summed E-state index contributed by atoms with van der Waals surface area (Å²) in [7, 11) is 1.94. The van der Waals surface area contributed by atoms with Crippen molar-refractivity contribution < 1.29 is 4.79 Å². The van der Waals surface area contributed by atoms with Gasteiger partial charge in [-0.1, -0.05) is 30.4 Å². The molecule has 0 aliphatic carbocycles. The molecule has 3 N–H and O–H groups in total. The molecule has 1 heterocycles. The minimum Gasteiger partial charge on any atom is -0.382 e. The molecular formula is C14H17BrN4OS. The summed E-state index contributed by atoms with van der Waals surface area (Å²) in [6.45, 7) is 2.96. The summed E-state index contributed by atoms with van der Waals surface area (Å²) in [6, 6.07) is 7.44. The standard InChI is InChI=1S/C14H17BrN4OS/c1-3-8-19(2)14-18-12(16)11(21-14)13(20)17-10-7-5-4-6-9(10)15/h4-7H,3,8,16H2,1-2H3,(H,17,20). The number of thiazole rings is 1. The Morgan fingerprint density at radius 3 is 2.86 bits per heavy atom. The summed E-state index contributed by atoms with van der Waals surface area (Å²) in [5.41, 5.74) is 6.58. The number of aromatic nitrogens is 1. The third-order valence-electron chi connectivity index (χ3n) is 2.86. The molecule has 7 heteroatoms. The monoisotopic (exact) mass is 368 g/mol. The number of nitrogen functional groups attached to an aromatic ring is 1. The number of benzene rings is 1. The molecule has 0 saturated heterocycles. The molecule has 0 spiro atoms. The summed E-state index contributed by atoms with van der Waals surface area (Å²) in [5.74, 6) is 0.0237. The molecule has 0 aliphatic heterocycles. The normalized spacial score (nSPS) is 10.4. The number of anilines is 3. The SMILES string of the molecule is CCCN(C)c1nc(N)c(C(=O)Nc2ccccc2Br)s1. The molecule has 2 rings (SSSR count). The number of rotatable bonds is 5. The topological polar surface area (TPSA) is 71.2 Å².